The van der Waals surface area contributed by atoms with Gasteiger partial charge in [0.1, 0.15) is 22.5 Å². The highest BCUT2D eigenvalue weighted by Gasteiger charge is 2.19. The normalized spacial score (nSPS) is 10.2. The van der Waals surface area contributed by atoms with Crippen LogP contribution in [0.25, 0.3) is 22.3 Å². The van der Waals surface area contributed by atoms with Crippen LogP contribution in [-0.4, -0.2) is 31.8 Å². The van der Waals surface area contributed by atoms with E-state index in [0.29, 0.717) is 0 Å². The number of phenols is 4. The Kier molecular flexibility index (Phi) is 4.79. The van der Waals surface area contributed by atoms with Crippen LogP contribution in [0.15, 0.2) is 39.5 Å². The van der Waals surface area contributed by atoms with Gasteiger partial charge < -0.3 is 29.9 Å². The van der Waals surface area contributed by atoms with Crippen molar-refractivity contribution in [1.82, 2.24) is 0 Å². The highest BCUT2D eigenvalue weighted by molar-refractivity contribution is 7.79. The van der Waals surface area contributed by atoms with Crippen molar-refractivity contribution in [2.45, 2.75) is 0 Å². The standard InChI is InChI=1S/C15H10O7.CH4S/c16-7-4-10(19)12-11(5-7)22-15(14(21)13(12)20)6-1-2-8(17)9(18)3-6;1-2/h1-5,16-19,21H;2H,1H3. The first-order valence-electron chi connectivity index (χ1n) is 6.57. The third-order valence-electron chi connectivity index (χ3n) is 3.17. The van der Waals surface area contributed by atoms with Crippen molar-refractivity contribution in [3.8, 4) is 40.1 Å². The van der Waals surface area contributed by atoms with Crippen LogP contribution >= 0.6 is 12.6 Å². The first kappa shape index (κ1) is 17.4. The van der Waals surface area contributed by atoms with Crippen LogP contribution in [-0.2, 0) is 0 Å². The summed E-state index contributed by atoms with van der Waals surface area (Å²) >= 11 is 3.53. The number of hydrogen-bond acceptors (Lipinski definition) is 8. The van der Waals surface area contributed by atoms with Crippen LogP contribution < -0.4 is 5.43 Å². The number of phenolic OH excluding ortho intramolecular Hbond substituents is 4. The lowest BCUT2D eigenvalue weighted by molar-refractivity contribution is 0.403. The first-order valence-corrected chi connectivity index (χ1v) is 7.46. The molecule has 3 rings (SSSR count). The van der Waals surface area contributed by atoms with Gasteiger partial charge in [-0.1, -0.05) is 0 Å². The fraction of sp³-hybridized carbons (Fsp3) is 0.0625. The van der Waals surface area contributed by atoms with E-state index in [4.69, 9.17) is 4.42 Å². The van der Waals surface area contributed by atoms with Gasteiger partial charge in [-0.15, -0.1) is 0 Å². The van der Waals surface area contributed by atoms with E-state index >= 15 is 0 Å². The molecule has 0 aliphatic heterocycles. The van der Waals surface area contributed by atoms with Gasteiger partial charge in [-0.3, -0.25) is 4.79 Å². The van der Waals surface area contributed by atoms with Crippen molar-refractivity contribution < 1.29 is 29.9 Å². The fourth-order valence-corrected chi connectivity index (χ4v) is 2.14. The van der Waals surface area contributed by atoms with E-state index in [1.807, 2.05) is 0 Å². The average Bonchev–Trinajstić information content (AvgIpc) is 2.55. The Morgan fingerprint density at radius 1 is 0.875 bits per heavy atom. The predicted octanol–water partition coefficient (Wildman–Crippen LogP) is 2.53. The molecule has 1 heterocycles. The van der Waals surface area contributed by atoms with Gasteiger partial charge in [0.05, 0.1) is 0 Å². The van der Waals surface area contributed by atoms with Crippen LogP contribution in [0.3, 0.4) is 0 Å². The van der Waals surface area contributed by atoms with Crippen LogP contribution in [0, 0.1) is 0 Å². The Labute approximate surface area is 141 Å². The summed E-state index contributed by atoms with van der Waals surface area (Å²) in [6.45, 7) is 0. The molecule has 0 spiro atoms. The second kappa shape index (κ2) is 6.63. The largest absolute Gasteiger partial charge is 0.508 e. The Morgan fingerprint density at radius 2 is 1.54 bits per heavy atom. The molecule has 0 radical (unpaired) electrons. The minimum Gasteiger partial charge on any atom is -0.508 e. The second-order valence-corrected chi connectivity index (χ2v) is 4.65. The third-order valence-corrected chi connectivity index (χ3v) is 3.17. The Hall–Kier alpha value is -3.00. The SMILES string of the molecule is CS.O=c1c(O)c(-c2ccc(O)c(O)c2)oc2cc(O)cc(O)c12. The number of thiol groups is 1. The van der Waals surface area contributed by atoms with E-state index in [1.54, 1.807) is 6.26 Å². The maximum Gasteiger partial charge on any atom is 0.238 e. The van der Waals surface area contributed by atoms with E-state index < -0.39 is 22.7 Å². The summed E-state index contributed by atoms with van der Waals surface area (Å²) < 4.78 is 5.35. The zero-order valence-electron chi connectivity index (χ0n) is 12.4. The quantitative estimate of drug-likeness (QED) is 0.294. The molecular weight excluding hydrogens is 336 g/mol. The van der Waals surface area contributed by atoms with E-state index in [2.05, 4.69) is 12.6 Å². The number of aromatic hydroxyl groups is 5. The van der Waals surface area contributed by atoms with Gasteiger partial charge in [0.2, 0.25) is 11.2 Å². The molecule has 0 bridgehead atoms. The van der Waals surface area contributed by atoms with Gasteiger partial charge in [0, 0.05) is 17.7 Å². The second-order valence-electron chi connectivity index (χ2n) is 4.65. The zero-order chi connectivity index (χ0) is 18.0. The van der Waals surface area contributed by atoms with Crippen LogP contribution in [0.5, 0.6) is 28.7 Å². The predicted molar refractivity (Wildman–Crippen MR) is 91.2 cm³/mol. The molecule has 0 saturated heterocycles. The van der Waals surface area contributed by atoms with E-state index in [1.165, 1.54) is 6.07 Å². The first-order chi connectivity index (χ1) is 11.4. The molecule has 7 nitrogen and oxygen atoms in total. The molecule has 0 aliphatic carbocycles. The van der Waals surface area contributed by atoms with Crippen LogP contribution in [0.1, 0.15) is 0 Å². The van der Waals surface area contributed by atoms with Crippen molar-refractivity contribution in [2.75, 3.05) is 6.26 Å². The van der Waals surface area contributed by atoms with Gasteiger partial charge in [0.15, 0.2) is 17.3 Å². The molecule has 24 heavy (non-hydrogen) atoms. The monoisotopic (exact) mass is 350 g/mol. The minimum atomic E-state index is -0.888. The van der Waals surface area contributed by atoms with Crippen molar-refractivity contribution in [2.24, 2.45) is 0 Å². The fourth-order valence-electron chi connectivity index (χ4n) is 2.14. The Bertz CT molecular complexity index is 963. The molecule has 0 unspecified atom stereocenters. The third kappa shape index (κ3) is 2.91. The average molecular weight is 350 g/mol. The van der Waals surface area contributed by atoms with Crippen molar-refractivity contribution in [3.05, 3.63) is 40.6 Å². The molecule has 0 amide bonds. The lowest BCUT2D eigenvalue weighted by Crippen LogP contribution is -2.02. The van der Waals surface area contributed by atoms with Gasteiger partial charge >= 0.3 is 0 Å². The Morgan fingerprint density at radius 3 is 2.17 bits per heavy atom. The highest BCUT2D eigenvalue weighted by atomic mass is 32.1. The maximum atomic E-state index is 12.1. The van der Waals surface area contributed by atoms with Crippen molar-refractivity contribution in [3.63, 3.8) is 0 Å². The number of benzene rings is 2. The van der Waals surface area contributed by atoms with Crippen LogP contribution in [0.4, 0.5) is 0 Å². The smallest absolute Gasteiger partial charge is 0.238 e. The summed E-state index contributed by atoms with van der Waals surface area (Å²) in [5.74, 6) is -2.71. The van der Waals surface area contributed by atoms with Gasteiger partial charge in [-0.05, 0) is 24.5 Å². The maximum absolute atomic E-state index is 12.1. The minimum absolute atomic E-state index is 0.134. The molecular formula is C16H14O7S. The summed E-state index contributed by atoms with van der Waals surface area (Å²) in [5, 5.41) is 47.6. The van der Waals surface area contributed by atoms with E-state index in [-0.39, 0.29) is 33.8 Å². The summed E-state index contributed by atoms with van der Waals surface area (Å²) in [4.78, 5) is 12.1. The summed E-state index contributed by atoms with van der Waals surface area (Å²) in [6, 6.07) is 5.64. The lowest BCUT2D eigenvalue weighted by atomic mass is 10.1. The number of fused-ring (bicyclic) bond motifs is 1. The van der Waals surface area contributed by atoms with E-state index in [9.17, 15) is 30.3 Å². The van der Waals surface area contributed by atoms with E-state index in [0.717, 1.165) is 24.3 Å². The lowest BCUT2D eigenvalue weighted by Gasteiger charge is -2.08. The molecule has 5 N–H and O–H groups in total. The van der Waals surface area contributed by atoms with Crippen molar-refractivity contribution >= 4 is 23.6 Å². The highest BCUT2D eigenvalue weighted by Crippen LogP contribution is 2.37. The molecule has 0 aliphatic rings. The molecule has 0 atom stereocenters. The molecule has 2 aromatic carbocycles. The van der Waals surface area contributed by atoms with Gasteiger partial charge in [-0.2, -0.15) is 12.6 Å². The zero-order valence-corrected chi connectivity index (χ0v) is 13.3. The summed E-state index contributed by atoms with van der Waals surface area (Å²) in [6.07, 6.45) is 1.69. The summed E-state index contributed by atoms with van der Waals surface area (Å²) in [7, 11) is 0. The molecule has 126 valence electrons. The van der Waals surface area contributed by atoms with Crippen molar-refractivity contribution in [1.29, 1.82) is 0 Å². The molecule has 8 heteroatoms. The molecule has 0 fully saturated rings. The number of hydrogen-bond donors (Lipinski definition) is 6. The Balaban J connectivity index is 0.00000100. The summed E-state index contributed by atoms with van der Waals surface area (Å²) in [5.41, 5.74) is -0.890. The van der Waals surface area contributed by atoms with Gasteiger partial charge in [-0.25, -0.2) is 0 Å². The van der Waals surface area contributed by atoms with Gasteiger partial charge in [0.25, 0.3) is 0 Å². The molecule has 0 saturated carbocycles. The molecule has 3 aromatic rings. The van der Waals surface area contributed by atoms with Crippen LogP contribution in [0.2, 0.25) is 0 Å². The molecule has 1 aromatic heterocycles. The number of rotatable bonds is 1. The topological polar surface area (TPSA) is 131 Å².